The largest absolute Gasteiger partial charge is 0.368 e. The predicted molar refractivity (Wildman–Crippen MR) is 115 cm³/mol. The Balaban J connectivity index is 1.39. The zero-order valence-corrected chi connectivity index (χ0v) is 17.3. The van der Waals surface area contributed by atoms with E-state index in [0.717, 1.165) is 25.2 Å². The summed E-state index contributed by atoms with van der Waals surface area (Å²) in [5, 5.41) is 12.4. The van der Waals surface area contributed by atoms with Crippen LogP contribution in [0.3, 0.4) is 0 Å². The highest BCUT2D eigenvalue weighted by Gasteiger charge is 2.49. The van der Waals surface area contributed by atoms with E-state index in [-0.39, 0.29) is 11.9 Å². The van der Waals surface area contributed by atoms with Gasteiger partial charge in [0, 0.05) is 25.3 Å². The van der Waals surface area contributed by atoms with Crippen molar-refractivity contribution in [1.82, 2.24) is 24.9 Å². The molecule has 1 amide bonds. The normalized spacial score (nSPS) is 19.6. The maximum absolute atomic E-state index is 13.6. The van der Waals surface area contributed by atoms with E-state index in [4.69, 9.17) is 11.6 Å². The van der Waals surface area contributed by atoms with Crippen molar-refractivity contribution in [3.8, 4) is 5.69 Å². The van der Waals surface area contributed by atoms with Crippen molar-refractivity contribution in [2.45, 2.75) is 31.7 Å². The van der Waals surface area contributed by atoms with Crippen LogP contribution >= 0.6 is 11.6 Å². The third-order valence-corrected chi connectivity index (χ3v) is 6.45. The van der Waals surface area contributed by atoms with Gasteiger partial charge in [-0.2, -0.15) is 15.0 Å². The molecular weight excluding hydrogens is 400 g/mol. The average Bonchev–Trinajstić information content (AvgIpc) is 3.29. The van der Waals surface area contributed by atoms with E-state index < -0.39 is 0 Å². The summed E-state index contributed by atoms with van der Waals surface area (Å²) in [5.74, 6) is 0.789. The van der Waals surface area contributed by atoms with E-state index in [1.807, 2.05) is 41.3 Å². The van der Waals surface area contributed by atoms with Crippen LogP contribution in [0.15, 0.2) is 55.0 Å². The fourth-order valence-corrected chi connectivity index (χ4v) is 4.47. The number of pyridine rings is 1. The van der Waals surface area contributed by atoms with Gasteiger partial charge in [-0.1, -0.05) is 23.7 Å². The van der Waals surface area contributed by atoms with E-state index in [1.54, 1.807) is 18.6 Å². The number of hydrogen-bond donors (Lipinski definition) is 1. The lowest BCUT2D eigenvalue weighted by Gasteiger charge is -2.40. The van der Waals surface area contributed by atoms with Crippen molar-refractivity contribution in [1.29, 1.82) is 0 Å². The number of hydrogen-bond acceptors (Lipinski definition) is 5. The minimum Gasteiger partial charge on any atom is -0.368 e. The van der Waals surface area contributed by atoms with Crippen molar-refractivity contribution >= 4 is 23.3 Å². The van der Waals surface area contributed by atoms with Crippen LogP contribution in [0.2, 0.25) is 5.02 Å². The van der Waals surface area contributed by atoms with Crippen LogP contribution in [-0.2, 0) is 0 Å². The van der Waals surface area contributed by atoms with Gasteiger partial charge in [-0.15, -0.1) is 0 Å². The fourth-order valence-electron chi connectivity index (χ4n) is 4.36. The maximum atomic E-state index is 13.6. The van der Waals surface area contributed by atoms with Crippen LogP contribution < -0.4 is 5.32 Å². The Morgan fingerprint density at radius 3 is 2.67 bits per heavy atom. The summed E-state index contributed by atoms with van der Waals surface area (Å²) in [5.41, 5.74) is 1.74. The number of anilines is 1. The SMILES string of the molecule is O=C(c1ccccc1-n1nccn1)N1CCC2(CC2)CC1CNc1ccc(Cl)cn1. The minimum absolute atomic E-state index is 0.0225. The van der Waals surface area contributed by atoms with Crippen LogP contribution in [0.4, 0.5) is 5.82 Å². The average molecular weight is 423 g/mol. The van der Waals surface area contributed by atoms with Gasteiger partial charge >= 0.3 is 0 Å². The van der Waals surface area contributed by atoms with Gasteiger partial charge in [0.15, 0.2) is 0 Å². The number of likely N-dealkylation sites (tertiary alicyclic amines) is 1. The summed E-state index contributed by atoms with van der Waals surface area (Å²) in [6.45, 7) is 1.42. The van der Waals surface area contributed by atoms with E-state index in [0.29, 0.717) is 28.2 Å². The lowest BCUT2D eigenvalue weighted by atomic mass is 9.87. The first kappa shape index (κ1) is 19.1. The Bertz CT molecular complexity index is 1030. The van der Waals surface area contributed by atoms with Crippen molar-refractivity contribution in [2.75, 3.05) is 18.4 Å². The zero-order valence-electron chi connectivity index (χ0n) is 16.5. The number of nitrogens with one attached hydrogen (secondary N) is 1. The first-order valence-electron chi connectivity index (χ1n) is 10.3. The summed E-state index contributed by atoms with van der Waals surface area (Å²) in [6, 6.07) is 11.3. The summed E-state index contributed by atoms with van der Waals surface area (Å²) in [7, 11) is 0. The zero-order chi connectivity index (χ0) is 20.6. The Morgan fingerprint density at radius 2 is 1.93 bits per heavy atom. The smallest absolute Gasteiger partial charge is 0.256 e. The molecule has 2 aromatic heterocycles. The summed E-state index contributed by atoms with van der Waals surface area (Å²) in [6.07, 6.45) is 9.47. The van der Waals surface area contributed by atoms with Crippen molar-refractivity contribution in [2.24, 2.45) is 5.41 Å². The fraction of sp³-hybridized carbons (Fsp3) is 0.364. The molecule has 1 spiro atoms. The second-order valence-electron chi connectivity index (χ2n) is 8.18. The molecule has 30 heavy (non-hydrogen) atoms. The number of aromatic nitrogens is 4. The van der Waals surface area contributed by atoms with E-state index in [2.05, 4.69) is 20.5 Å². The Kier molecular flexibility index (Phi) is 4.90. The maximum Gasteiger partial charge on any atom is 0.256 e. The van der Waals surface area contributed by atoms with Crippen molar-refractivity contribution in [3.05, 3.63) is 65.6 Å². The Hall–Kier alpha value is -2.93. The molecule has 1 aliphatic carbocycles. The van der Waals surface area contributed by atoms with Gasteiger partial charge in [-0.25, -0.2) is 4.98 Å². The van der Waals surface area contributed by atoms with Crippen LogP contribution in [-0.4, -0.2) is 49.9 Å². The molecule has 154 valence electrons. The first-order valence-corrected chi connectivity index (χ1v) is 10.6. The third-order valence-electron chi connectivity index (χ3n) is 6.23. The number of para-hydroxylation sites is 1. The van der Waals surface area contributed by atoms with Crippen LogP contribution in [0.5, 0.6) is 0 Å². The molecule has 3 aromatic rings. The Morgan fingerprint density at radius 1 is 1.13 bits per heavy atom. The lowest BCUT2D eigenvalue weighted by Crippen LogP contribution is -2.50. The van der Waals surface area contributed by atoms with Gasteiger partial charge in [0.05, 0.1) is 28.7 Å². The van der Waals surface area contributed by atoms with E-state index in [1.165, 1.54) is 17.6 Å². The third kappa shape index (κ3) is 3.77. The molecule has 0 bridgehead atoms. The molecule has 1 atom stereocenters. The highest BCUT2D eigenvalue weighted by Crippen LogP contribution is 2.55. The molecule has 1 unspecified atom stereocenters. The minimum atomic E-state index is 0.0225. The van der Waals surface area contributed by atoms with Gasteiger partial charge in [0.2, 0.25) is 0 Å². The molecule has 7 nitrogen and oxygen atoms in total. The van der Waals surface area contributed by atoms with Crippen LogP contribution in [0.1, 0.15) is 36.0 Å². The summed E-state index contributed by atoms with van der Waals surface area (Å²) in [4.78, 5) is 21.4. The van der Waals surface area contributed by atoms with Gasteiger partial charge < -0.3 is 10.2 Å². The molecule has 0 radical (unpaired) electrons. The molecule has 1 saturated heterocycles. The molecular formula is C22H23ClN6O. The molecule has 1 aromatic carbocycles. The monoisotopic (exact) mass is 422 g/mol. The van der Waals surface area contributed by atoms with E-state index in [9.17, 15) is 4.79 Å². The number of rotatable bonds is 5. The number of piperidine rings is 1. The second-order valence-corrected chi connectivity index (χ2v) is 8.62. The topological polar surface area (TPSA) is 75.9 Å². The molecule has 1 saturated carbocycles. The highest BCUT2D eigenvalue weighted by molar-refractivity contribution is 6.30. The number of carbonyl (C=O) groups excluding carboxylic acids is 1. The van der Waals surface area contributed by atoms with Crippen LogP contribution in [0, 0.1) is 5.41 Å². The van der Waals surface area contributed by atoms with Crippen molar-refractivity contribution < 1.29 is 4.79 Å². The van der Waals surface area contributed by atoms with E-state index >= 15 is 0 Å². The number of benzene rings is 1. The van der Waals surface area contributed by atoms with Crippen LogP contribution in [0.25, 0.3) is 5.69 Å². The second kappa shape index (κ2) is 7.72. The summed E-state index contributed by atoms with van der Waals surface area (Å²) >= 11 is 5.94. The first-order chi connectivity index (χ1) is 14.6. The number of carbonyl (C=O) groups is 1. The standard InChI is InChI=1S/C22H23ClN6O/c23-16-5-6-20(24-14-16)25-15-17-13-22(7-8-22)9-12-28(17)21(30)18-3-1-2-4-19(18)29-26-10-11-27-29/h1-6,10-11,14,17H,7-9,12-13,15H2,(H,24,25). The molecule has 1 N–H and O–H groups in total. The predicted octanol–water partition coefficient (Wildman–Crippen LogP) is 3.81. The van der Waals surface area contributed by atoms with Gasteiger partial charge in [-0.05, 0) is 55.4 Å². The van der Waals surface area contributed by atoms with Gasteiger partial charge in [0.1, 0.15) is 5.82 Å². The number of amides is 1. The quantitative estimate of drug-likeness (QED) is 0.676. The Labute approximate surface area is 180 Å². The molecule has 3 heterocycles. The molecule has 5 rings (SSSR count). The van der Waals surface area contributed by atoms with Gasteiger partial charge in [-0.3, -0.25) is 4.79 Å². The molecule has 2 fully saturated rings. The summed E-state index contributed by atoms with van der Waals surface area (Å²) < 4.78 is 0. The highest BCUT2D eigenvalue weighted by atomic mass is 35.5. The molecule has 8 heteroatoms. The number of halogens is 1. The molecule has 1 aliphatic heterocycles. The van der Waals surface area contributed by atoms with Gasteiger partial charge in [0.25, 0.3) is 5.91 Å². The molecule has 2 aliphatic rings. The van der Waals surface area contributed by atoms with Crippen molar-refractivity contribution in [3.63, 3.8) is 0 Å². The number of nitrogens with zero attached hydrogens (tertiary/aromatic N) is 5. The lowest BCUT2D eigenvalue weighted by molar-refractivity contribution is 0.0545.